The molecule has 0 unspecified atom stereocenters. The molecule has 2 bridgehead atoms. The fourth-order valence-corrected chi connectivity index (χ4v) is 5.84. The molecule has 0 amide bonds. The Labute approximate surface area is 96.3 Å². The number of aliphatic hydroxyl groups excluding tert-OH is 1. The van der Waals surface area contributed by atoms with E-state index in [0.717, 1.165) is 0 Å². The van der Waals surface area contributed by atoms with Crippen molar-refractivity contribution >= 4 is 22.6 Å². The van der Waals surface area contributed by atoms with E-state index in [1.54, 1.807) is 0 Å². The summed E-state index contributed by atoms with van der Waals surface area (Å²) < 4.78 is 12.2. The van der Waals surface area contributed by atoms with Crippen LogP contribution < -0.4 is 0 Å². The molecule has 2 saturated carbocycles. The monoisotopic (exact) mass is 308 g/mol. The van der Waals surface area contributed by atoms with Gasteiger partial charge >= 0.3 is 0 Å². The zero-order chi connectivity index (χ0) is 9.66. The number of hydrogen-bond donors (Lipinski definition) is 1. The molecule has 4 rings (SSSR count). The van der Waals surface area contributed by atoms with E-state index in [2.05, 4.69) is 22.6 Å². The van der Waals surface area contributed by atoms with Crippen molar-refractivity contribution in [3.63, 3.8) is 0 Å². The van der Waals surface area contributed by atoms with Crippen LogP contribution in [0, 0.1) is 23.7 Å². The first-order chi connectivity index (χ1) is 6.62. The third-order valence-corrected chi connectivity index (χ3v) is 6.35. The van der Waals surface area contributed by atoms with Gasteiger partial charge in [0.2, 0.25) is 0 Å². The lowest BCUT2D eigenvalue weighted by Gasteiger charge is -2.29. The first-order valence-corrected chi connectivity index (χ1v) is 6.54. The quantitative estimate of drug-likeness (QED) is 0.539. The highest BCUT2D eigenvalue weighted by atomic mass is 127. The van der Waals surface area contributed by atoms with Crippen molar-refractivity contribution in [2.45, 2.75) is 35.5 Å². The van der Waals surface area contributed by atoms with E-state index >= 15 is 0 Å². The molecule has 4 fully saturated rings. The van der Waals surface area contributed by atoms with Gasteiger partial charge in [0.25, 0.3) is 0 Å². The van der Waals surface area contributed by atoms with Gasteiger partial charge in [0.15, 0.2) is 12.1 Å². The average molecular weight is 308 g/mol. The molecule has 78 valence electrons. The Morgan fingerprint density at radius 1 is 1.36 bits per heavy atom. The van der Waals surface area contributed by atoms with Gasteiger partial charge in [-0.2, -0.15) is 0 Å². The second-order valence-electron chi connectivity index (χ2n) is 5.22. The highest BCUT2D eigenvalue weighted by Gasteiger charge is 2.74. The van der Waals surface area contributed by atoms with Crippen LogP contribution in [0.3, 0.4) is 0 Å². The molecule has 0 radical (unpaired) electrons. The van der Waals surface area contributed by atoms with E-state index in [-0.39, 0.29) is 0 Å². The molecule has 0 spiro atoms. The number of halogens is 1. The number of alkyl halides is 1. The van der Waals surface area contributed by atoms with Gasteiger partial charge in [-0.25, -0.2) is 0 Å². The molecule has 4 aliphatic rings. The first-order valence-electron chi connectivity index (χ1n) is 5.29. The van der Waals surface area contributed by atoms with Gasteiger partial charge in [-0.3, -0.25) is 0 Å². The van der Waals surface area contributed by atoms with E-state index in [4.69, 9.17) is 9.47 Å². The topological polar surface area (TPSA) is 38.7 Å². The first kappa shape index (κ1) is 8.73. The molecule has 1 N–H and O–H groups in total. The van der Waals surface area contributed by atoms with Crippen LogP contribution >= 0.6 is 22.6 Å². The molecular formula is C10H13IO3. The van der Waals surface area contributed by atoms with E-state index in [1.807, 2.05) is 6.92 Å². The summed E-state index contributed by atoms with van der Waals surface area (Å²) in [6.45, 7) is 2.00. The van der Waals surface area contributed by atoms with Gasteiger partial charge in [0, 0.05) is 15.8 Å². The van der Waals surface area contributed by atoms with Crippen LogP contribution in [0.5, 0.6) is 0 Å². The molecule has 2 aliphatic heterocycles. The summed E-state index contributed by atoms with van der Waals surface area (Å²) in [5.74, 6) is 1.59. The van der Waals surface area contributed by atoms with Gasteiger partial charge in [-0.15, -0.1) is 0 Å². The minimum Gasteiger partial charge on any atom is -0.368 e. The molecule has 0 aromatic rings. The molecule has 0 aromatic heterocycles. The van der Waals surface area contributed by atoms with Crippen LogP contribution in [0.2, 0.25) is 0 Å². The number of rotatable bonds is 0. The Balaban J connectivity index is 1.88. The van der Waals surface area contributed by atoms with Crippen molar-refractivity contribution in [1.29, 1.82) is 0 Å². The number of ether oxygens (including phenoxy) is 2. The lowest BCUT2D eigenvalue weighted by molar-refractivity contribution is -0.261. The Hall–Kier alpha value is 0.610. The van der Waals surface area contributed by atoms with Crippen molar-refractivity contribution in [1.82, 2.24) is 0 Å². The molecule has 0 aromatic carbocycles. The molecular weight excluding hydrogens is 295 g/mol. The second-order valence-corrected chi connectivity index (χ2v) is 6.66. The summed E-state index contributed by atoms with van der Waals surface area (Å²) in [5, 5.41) is 9.89. The Bertz CT molecular complexity index is 310. The van der Waals surface area contributed by atoms with Crippen LogP contribution in [0.4, 0.5) is 0 Å². The lowest BCUT2D eigenvalue weighted by atomic mass is 9.78. The maximum atomic E-state index is 9.89. The minimum atomic E-state index is -0.585. The molecule has 2 saturated heterocycles. The van der Waals surface area contributed by atoms with E-state index in [0.29, 0.717) is 33.7 Å². The third-order valence-electron chi connectivity index (χ3n) is 4.72. The fraction of sp³-hybridized carbons (Fsp3) is 1.00. The fourth-order valence-electron chi connectivity index (χ4n) is 4.38. The molecule has 14 heavy (non-hydrogen) atoms. The maximum absolute atomic E-state index is 9.89. The molecule has 2 aliphatic carbocycles. The van der Waals surface area contributed by atoms with Gasteiger partial charge in [0.1, 0.15) is 0 Å². The largest absolute Gasteiger partial charge is 0.368 e. The number of hydrogen-bond acceptors (Lipinski definition) is 3. The Kier molecular flexibility index (Phi) is 1.44. The summed E-state index contributed by atoms with van der Waals surface area (Å²) >= 11 is 2.50. The number of fused-ring (bicyclic) bond motifs is 2. The number of aliphatic hydroxyl groups is 1. The molecule has 4 heteroatoms. The maximum Gasteiger partial charge on any atom is 0.172 e. The van der Waals surface area contributed by atoms with Crippen LogP contribution in [0.1, 0.15) is 13.3 Å². The standard InChI is InChI=1S/C10H13IO3/c1-10-6-4-2-3(5(6)9(12)14-10)7(11)8(4)13-10/h3-9,12H,2H2,1H3/t3-,4+,5+,6+,7-,8-,9-,10-/m0/s1. The summed E-state index contributed by atoms with van der Waals surface area (Å²) in [4.78, 5) is 0. The predicted octanol–water partition coefficient (Wildman–Crippen LogP) is 1.14. The van der Waals surface area contributed by atoms with Gasteiger partial charge in [-0.1, -0.05) is 22.6 Å². The highest BCUT2D eigenvalue weighted by molar-refractivity contribution is 14.1. The lowest BCUT2D eigenvalue weighted by Crippen LogP contribution is -2.37. The van der Waals surface area contributed by atoms with Crippen LogP contribution in [0.15, 0.2) is 0 Å². The van der Waals surface area contributed by atoms with Crippen molar-refractivity contribution in [3.8, 4) is 0 Å². The summed E-state index contributed by atoms with van der Waals surface area (Å²) in [5.41, 5.74) is 0. The van der Waals surface area contributed by atoms with E-state index in [9.17, 15) is 5.11 Å². The summed E-state index contributed by atoms with van der Waals surface area (Å²) in [6.07, 6.45) is 1.04. The predicted molar refractivity (Wildman–Crippen MR) is 56.8 cm³/mol. The van der Waals surface area contributed by atoms with Gasteiger partial charge < -0.3 is 14.6 Å². The molecule has 3 nitrogen and oxygen atoms in total. The summed E-state index contributed by atoms with van der Waals surface area (Å²) in [6, 6.07) is 0. The minimum absolute atomic E-state index is 0.339. The van der Waals surface area contributed by atoms with E-state index in [1.165, 1.54) is 6.42 Å². The zero-order valence-electron chi connectivity index (χ0n) is 7.89. The van der Waals surface area contributed by atoms with Crippen molar-refractivity contribution in [2.24, 2.45) is 23.7 Å². The molecule has 8 atom stereocenters. The Morgan fingerprint density at radius 2 is 2.14 bits per heavy atom. The summed E-state index contributed by atoms with van der Waals surface area (Å²) in [7, 11) is 0. The van der Waals surface area contributed by atoms with Crippen molar-refractivity contribution in [3.05, 3.63) is 0 Å². The Morgan fingerprint density at radius 3 is 2.93 bits per heavy atom. The zero-order valence-corrected chi connectivity index (χ0v) is 10.0. The van der Waals surface area contributed by atoms with Crippen molar-refractivity contribution < 1.29 is 14.6 Å². The second kappa shape index (κ2) is 2.31. The smallest absolute Gasteiger partial charge is 0.172 e. The average Bonchev–Trinajstić information content (AvgIpc) is 2.72. The molecule has 2 heterocycles. The third kappa shape index (κ3) is 0.719. The van der Waals surface area contributed by atoms with Crippen LogP contribution in [-0.2, 0) is 9.47 Å². The highest BCUT2D eigenvalue weighted by Crippen LogP contribution is 2.68. The van der Waals surface area contributed by atoms with Crippen LogP contribution in [-0.4, -0.2) is 27.2 Å². The van der Waals surface area contributed by atoms with Gasteiger partial charge in [0.05, 0.1) is 6.10 Å². The van der Waals surface area contributed by atoms with Gasteiger partial charge in [-0.05, 0) is 25.2 Å². The SMILES string of the molecule is C[C@@]12O[C@@H]3[C@@H](I)[C@H]4C[C@@H]3[C@@H]1[C@@H]4[C@@H](O)O2. The van der Waals surface area contributed by atoms with E-state index < -0.39 is 12.1 Å². The van der Waals surface area contributed by atoms with Crippen LogP contribution in [0.25, 0.3) is 0 Å². The van der Waals surface area contributed by atoms with Crippen molar-refractivity contribution in [2.75, 3.05) is 0 Å². The normalized spacial score (nSPS) is 73.5.